The van der Waals surface area contributed by atoms with Gasteiger partial charge in [-0.25, -0.2) is 0 Å². The number of carbonyl (C=O) groups excluding carboxylic acids is 1. The predicted molar refractivity (Wildman–Crippen MR) is 67.5 cm³/mol. The van der Waals surface area contributed by atoms with Crippen LogP contribution in [0.3, 0.4) is 0 Å². The first-order valence-corrected chi connectivity index (χ1v) is 6.35. The van der Waals surface area contributed by atoms with Gasteiger partial charge in [0.2, 0.25) is 0 Å². The number of carboxylic acids is 1. The molecule has 1 amide bonds. The molecule has 0 aliphatic rings. The molecule has 0 spiro atoms. The van der Waals surface area contributed by atoms with E-state index < -0.39 is 11.9 Å². The fraction of sp³-hybridized carbons (Fsp3) is 0.500. The van der Waals surface area contributed by atoms with E-state index in [1.165, 1.54) is 0 Å². The number of amides is 1. The van der Waals surface area contributed by atoms with E-state index in [2.05, 4.69) is 5.32 Å². The van der Waals surface area contributed by atoms with E-state index in [1.807, 2.05) is 19.9 Å². The summed E-state index contributed by atoms with van der Waals surface area (Å²) in [4.78, 5) is 24.7. The monoisotopic (exact) mass is 255 g/mol. The number of carbonyl (C=O) groups is 2. The molecule has 17 heavy (non-hydrogen) atoms. The molecule has 0 radical (unpaired) electrons. The number of thiophene rings is 1. The molecule has 0 saturated heterocycles. The SMILES string of the molecule is CCC(CNC(=O)c1cc(C)sc1C)C(=O)O. The van der Waals surface area contributed by atoms with Gasteiger partial charge in [0.15, 0.2) is 0 Å². The Morgan fingerprint density at radius 2 is 2.12 bits per heavy atom. The molecule has 1 aromatic heterocycles. The quantitative estimate of drug-likeness (QED) is 0.847. The highest BCUT2D eigenvalue weighted by Crippen LogP contribution is 2.20. The Labute approximate surface area is 105 Å². The summed E-state index contributed by atoms with van der Waals surface area (Å²) in [6, 6.07) is 1.83. The lowest BCUT2D eigenvalue weighted by molar-refractivity contribution is -0.141. The number of rotatable bonds is 5. The molecule has 5 heteroatoms. The van der Waals surface area contributed by atoms with Gasteiger partial charge in [0.05, 0.1) is 11.5 Å². The Bertz CT molecular complexity index is 425. The van der Waals surface area contributed by atoms with Crippen molar-refractivity contribution in [2.45, 2.75) is 27.2 Å². The van der Waals surface area contributed by atoms with Crippen LogP contribution in [0.1, 0.15) is 33.5 Å². The number of aliphatic carboxylic acids is 1. The van der Waals surface area contributed by atoms with Crippen molar-refractivity contribution in [2.75, 3.05) is 6.54 Å². The van der Waals surface area contributed by atoms with Crippen molar-refractivity contribution in [3.05, 3.63) is 21.4 Å². The molecule has 0 saturated carbocycles. The van der Waals surface area contributed by atoms with E-state index in [9.17, 15) is 9.59 Å². The van der Waals surface area contributed by atoms with Crippen molar-refractivity contribution in [2.24, 2.45) is 5.92 Å². The minimum absolute atomic E-state index is 0.180. The lowest BCUT2D eigenvalue weighted by Crippen LogP contribution is -2.32. The summed E-state index contributed by atoms with van der Waals surface area (Å²) in [5, 5.41) is 11.5. The fourth-order valence-electron chi connectivity index (χ4n) is 1.57. The van der Waals surface area contributed by atoms with Crippen LogP contribution in [-0.4, -0.2) is 23.5 Å². The van der Waals surface area contributed by atoms with Crippen LogP contribution in [0.25, 0.3) is 0 Å². The minimum Gasteiger partial charge on any atom is -0.481 e. The molecule has 1 unspecified atom stereocenters. The highest BCUT2D eigenvalue weighted by atomic mass is 32.1. The number of carboxylic acid groups (broad SMARTS) is 1. The second-order valence-electron chi connectivity index (χ2n) is 3.98. The summed E-state index contributed by atoms with van der Waals surface area (Å²) < 4.78 is 0. The molecule has 0 fully saturated rings. The summed E-state index contributed by atoms with van der Waals surface area (Å²) in [5.41, 5.74) is 0.646. The molecule has 94 valence electrons. The van der Waals surface area contributed by atoms with Crippen molar-refractivity contribution in [1.29, 1.82) is 0 Å². The molecular formula is C12H17NO3S. The van der Waals surface area contributed by atoms with Crippen molar-refractivity contribution in [3.63, 3.8) is 0 Å². The summed E-state index contributed by atoms with van der Waals surface area (Å²) in [7, 11) is 0. The zero-order valence-corrected chi connectivity index (χ0v) is 11.1. The van der Waals surface area contributed by atoms with Gasteiger partial charge >= 0.3 is 5.97 Å². The maximum absolute atomic E-state index is 11.8. The summed E-state index contributed by atoms with van der Waals surface area (Å²) in [6.45, 7) is 5.81. The first-order chi connectivity index (χ1) is 7.95. The van der Waals surface area contributed by atoms with Gasteiger partial charge < -0.3 is 10.4 Å². The van der Waals surface area contributed by atoms with E-state index in [1.54, 1.807) is 18.3 Å². The van der Waals surface area contributed by atoms with E-state index in [4.69, 9.17) is 5.11 Å². The number of hydrogen-bond acceptors (Lipinski definition) is 3. The molecule has 1 atom stereocenters. The molecule has 0 bridgehead atoms. The smallest absolute Gasteiger partial charge is 0.308 e. The Balaban J connectivity index is 2.61. The molecule has 0 aliphatic heterocycles. The third-order valence-corrected chi connectivity index (χ3v) is 3.60. The van der Waals surface area contributed by atoms with Gasteiger partial charge in [0.1, 0.15) is 0 Å². The second kappa shape index (κ2) is 5.82. The third kappa shape index (κ3) is 3.56. The zero-order valence-electron chi connectivity index (χ0n) is 10.2. The van der Waals surface area contributed by atoms with Crippen LogP contribution < -0.4 is 5.32 Å². The van der Waals surface area contributed by atoms with Crippen molar-refractivity contribution < 1.29 is 14.7 Å². The van der Waals surface area contributed by atoms with Crippen LogP contribution in [-0.2, 0) is 4.79 Å². The Hall–Kier alpha value is -1.36. The Morgan fingerprint density at radius 3 is 2.53 bits per heavy atom. The maximum Gasteiger partial charge on any atom is 0.308 e. The standard InChI is InChI=1S/C12H17NO3S/c1-4-9(12(15)16)6-13-11(14)10-5-7(2)17-8(10)3/h5,9H,4,6H2,1-3H3,(H,13,14)(H,15,16). The summed E-state index contributed by atoms with van der Waals surface area (Å²) >= 11 is 1.57. The van der Waals surface area contributed by atoms with E-state index >= 15 is 0 Å². The average molecular weight is 255 g/mol. The van der Waals surface area contributed by atoms with E-state index in [0.29, 0.717) is 12.0 Å². The molecule has 4 nitrogen and oxygen atoms in total. The normalized spacial score (nSPS) is 12.2. The predicted octanol–water partition coefficient (Wildman–Crippen LogP) is 2.21. The number of hydrogen-bond donors (Lipinski definition) is 2. The van der Waals surface area contributed by atoms with Crippen molar-refractivity contribution in [3.8, 4) is 0 Å². The largest absolute Gasteiger partial charge is 0.481 e. The molecule has 0 aromatic carbocycles. The van der Waals surface area contributed by atoms with Crippen LogP contribution in [0.4, 0.5) is 0 Å². The number of aryl methyl sites for hydroxylation is 2. The van der Waals surface area contributed by atoms with Gasteiger partial charge in [-0.1, -0.05) is 6.92 Å². The average Bonchev–Trinajstić information content (AvgIpc) is 2.58. The first kappa shape index (κ1) is 13.7. The van der Waals surface area contributed by atoms with E-state index in [0.717, 1.165) is 9.75 Å². The van der Waals surface area contributed by atoms with Crippen LogP contribution >= 0.6 is 11.3 Å². The van der Waals surface area contributed by atoms with Gasteiger partial charge in [-0.15, -0.1) is 11.3 Å². The number of nitrogens with one attached hydrogen (secondary N) is 1. The van der Waals surface area contributed by atoms with Crippen LogP contribution in [0.2, 0.25) is 0 Å². The van der Waals surface area contributed by atoms with Crippen molar-refractivity contribution in [1.82, 2.24) is 5.32 Å². The van der Waals surface area contributed by atoms with E-state index in [-0.39, 0.29) is 12.5 Å². The molecule has 0 aliphatic carbocycles. The Morgan fingerprint density at radius 1 is 1.47 bits per heavy atom. The zero-order chi connectivity index (χ0) is 13.0. The molecule has 2 N–H and O–H groups in total. The van der Waals surface area contributed by atoms with Gasteiger partial charge in [-0.05, 0) is 26.3 Å². The first-order valence-electron chi connectivity index (χ1n) is 5.53. The van der Waals surface area contributed by atoms with Crippen LogP contribution in [0.5, 0.6) is 0 Å². The lowest BCUT2D eigenvalue weighted by Gasteiger charge is -2.10. The topological polar surface area (TPSA) is 66.4 Å². The molecule has 1 aromatic rings. The highest BCUT2D eigenvalue weighted by molar-refractivity contribution is 7.12. The van der Waals surface area contributed by atoms with Crippen molar-refractivity contribution >= 4 is 23.2 Å². The fourth-order valence-corrected chi connectivity index (χ4v) is 2.49. The third-order valence-electron chi connectivity index (χ3n) is 2.64. The molecule has 1 heterocycles. The maximum atomic E-state index is 11.8. The minimum atomic E-state index is -0.869. The Kier molecular flexibility index (Phi) is 4.69. The summed E-state index contributed by atoms with van der Waals surface area (Å²) in [5.74, 6) is -1.57. The molecular weight excluding hydrogens is 238 g/mol. The summed E-state index contributed by atoms with van der Waals surface area (Å²) in [6.07, 6.45) is 0.511. The van der Waals surface area contributed by atoms with Gasteiger partial charge in [-0.3, -0.25) is 9.59 Å². The van der Waals surface area contributed by atoms with Gasteiger partial charge in [0.25, 0.3) is 5.91 Å². The van der Waals surface area contributed by atoms with Crippen LogP contribution in [0, 0.1) is 19.8 Å². The molecule has 1 rings (SSSR count). The van der Waals surface area contributed by atoms with Gasteiger partial charge in [-0.2, -0.15) is 0 Å². The lowest BCUT2D eigenvalue weighted by atomic mass is 10.1. The second-order valence-corrected chi connectivity index (χ2v) is 5.44. The highest BCUT2D eigenvalue weighted by Gasteiger charge is 2.17. The van der Waals surface area contributed by atoms with Crippen LogP contribution in [0.15, 0.2) is 6.07 Å². The van der Waals surface area contributed by atoms with Gasteiger partial charge in [0, 0.05) is 16.3 Å².